The van der Waals surface area contributed by atoms with E-state index in [1.165, 1.54) is 42.5 Å². The number of hydrogen-bond acceptors (Lipinski definition) is 7. The lowest BCUT2D eigenvalue weighted by molar-refractivity contribution is -0.385. The molecule has 1 aliphatic heterocycles. The number of hydrogen-bond donors (Lipinski definition) is 0. The van der Waals surface area contributed by atoms with Gasteiger partial charge < -0.3 is 14.2 Å². The topological polar surface area (TPSA) is 105 Å². The molecule has 0 radical (unpaired) electrons. The highest BCUT2D eigenvalue weighted by atomic mass is 19.1. The zero-order valence-electron chi connectivity index (χ0n) is 15.1. The number of nitro groups is 1. The van der Waals surface area contributed by atoms with Crippen LogP contribution in [0.2, 0.25) is 0 Å². The monoisotopic (exact) mass is 401 g/mol. The van der Waals surface area contributed by atoms with E-state index in [9.17, 15) is 24.1 Å². The van der Waals surface area contributed by atoms with E-state index in [1.54, 1.807) is 0 Å². The summed E-state index contributed by atoms with van der Waals surface area (Å²) in [7, 11) is 0. The maximum atomic E-state index is 12.8. The van der Waals surface area contributed by atoms with E-state index in [0.717, 1.165) is 6.08 Å². The lowest BCUT2D eigenvalue weighted by atomic mass is 10.1. The first-order chi connectivity index (χ1) is 13.9. The van der Waals surface area contributed by atoms with Crippen LogP contribution in [0, 0.1) is 15.9 Å². The molecule has 150 valence electrons. The van der Waals surface area contributed by atoms with E-state index in [4.69, 9.17) is 14.2 Å². The van der Waals surface area contributed by atoms with E-state index < -0.39 is 16.7 Å². The highest BCUT2D eigenvalue weighted by molar-refractivity contribution is 5.96. The Labute approximate surface area is 164 Å². The number of ether oxygens (including phenoxy) is 3. The van der Waals surface area contributed by atoms with Gasteiger partial charge in [0.15, 0.2) is 17.3 Å². The van der Waals surface area contributed by atoms with Crippen molar-refractivity contribution in [1.29, 1.82) is 0 Å². The van der Waals surface area contributed by atoms with Gasteiger partial charge in [0.2, 0.25) is 6.79 Å². The number of halogens is 1. The summed E-state index contributed by atoms with van der Waals surface area (Å²) in [6, 6.07) is 7.83. The van der Waals surface area contributed by atoms with Crippen molar-refractivity contribution in [3.63, 3.8) is 0 Å². The fourth-order valence-electron chi connectivity index (χ4n) is 2.63. The van der Waals surface area contributed by atoms with Crippen LogP contribution in [0.15, 0.2) is 42.5 Å². The van der Waals surface area contributed by atoms with Crippen LogP contribution >= 0.6 is 0 Å². The molecule has 0 atom stereocenters. The molecule has 2 aromatic carbocycles. The minimum atomic E-state index is -0.703. The third-order valence-corrected chi connectivity index (χ3v) is 4.08. The average molecular weight is 401 g/mol. The Balaban J connectivity index is 1.51. The standard InChI is InChI=1S/C20H16FNO7/c21-15-6-3-13(4-7-15)17(23)2-1-9-27-20(24)8-5-14-10-18-19(29-12-28-18)11-16(14)22(25)26/h3-8,10-11H,1-2,9,12H2/b8-5+. The quantitative estimate of drug-likeness (QED) is 0.166. The van der Waals surface area contributed by atoms with Crippen molar-refractivity contribution in [3.8, 4) is 11.5 Å². The summed E-state index contributed by atoms with van der Waals surface area (Å²) in [6.45, 7) is -0.0301. The Hall–Kier alpha value is -3.75. The van der Waals surface area contributed by atoms with Crippen LogP contribution < -0.4 is 9.47 Å². The molecule has 9 heteroatoms. The van der Waals surface area contributed by atoms with E-state index in [0.29, 0.717) is 17.7 Å². The molecule has 2 aromatic rings. The van der Waals surface area contributed by atoms with Crippen LogP contribution in [-0.4, -0.2) is 30.1 Å². The molecule has 1 aliphatic rings. The summed E-state index contributed by atoms with van der Waals surface area (Å²) in [4.78, 5) is 34.4. The maximum Gasteiger partial charge on any atom is 0.330 e. The normalized spacial score (nSPS) is 12.2. The molecular formula is C20H16FNO7. The van der Waals surface area contributed by atoms with Gasteiger partial charge in [0.1, 0.15) is 5.82 Å². The highest BCUT2D eigenvalue weighted by Crippen LogP contribution is 2.38. The minimum absolute atomic E-state index is 0.000655. The molecule has 1 heterocycles. The summed E-state index contributed by atoms with van der Waals surface area (Å²) in [5.41, 5.74) is 0.318. The lowest BCUT2D eigenvalue weighted by Gasteiger charge is -2.03. The van der Waals surface area contributed by atoms with Crippen LogP contribution in [-0.2, 0) is 9.53 Å². The van der Waals surface area contributed by atoms with Crippen molar-refractivity contribution in [3.05, 3.63) is 69.5 Å². The third-order valence-electron chi connectivity index (χ3n) is 4.08. The number of carbonyl (C=O) groups excluding carboxylic acids is 2. The molecule has 29 heavy (non-hydrogen) atoms. The number of esters is 1. The molecule has 3 rings (SSSR count). The Morgan fingerprint density at radius 1 is 1.17 bits per heavy atom. The highest BCUT2D eigenvalue weighted by Gasteiger charge is 2.22. The van der Waals surface area contributed by atoms with Crippen molar-refractivity contribution in [2.24, 2.45) is 0 Å². The van der Waals surface area contributed by atoms with Crippen molar-refractivity contribution >= 4 is 23.5 Å². The first-order valence-electron chi connectivity index (χ1n) is 8.65. The van der Waals surface area contributed by atoms with Crippen molar-refractivity contribution in [1.82, 2.24) is 0 Å². The number of carbonyl (C=O) groups is 2. The molecule has 0 bridgehead atoms. The number of benzene rings is 2. The van der Waals surface area contributed by atoms with Gasteiger partial charge in [0.05, 0.1) is 23.2 Å². The van der Waals surface area contributed by atoms with Crippen LogP contribution in [0.25, 0.3) is 6.08 Å². The van der Waals surface area contributed by atoms with Crippen LogP contribution in [0.5, 0.6) is 11.5 Å². The van der Waals surface area contributed by atoms with Crippen LogP contribution in [0.1, 0.15) is 28.8 Å². The molecular weight excluding hydrogens is 385 g/mol. The predicted molar refractivity (Wildman–Crippen MR) is 99.2 cm³/mol. The van der Waals surface area contributed by atoms with Gasteiger partial charge in [0, 0.05) is 18.1 Å². The number of fused-ring (bicyclic) bond motifs is 1. The second-order valence-electron chi connectivity index (χ2n) is 6.06. The van der Waals surface area contributed by atoms with E-state index in [2.05, 4.69) is 0 Å². The SMILES string of the molecule is O=C(/C=C/c1cc2c(cc1[N+](=O)[O-])OCO2)OCCCC(=O)c1ccc(F)cc1. The molecule has 8 nitrogen and oxygen atoms in total. The van der Waals surface area contributed by atoms with E-state index >= 15 is 0 Å². The molecule has 0 fully saturated rings. The van der Waals surface area contributed by atoms with Crippen molar-refractivity contribution in [2.45, 2.75) is 12.8 Å². The van der Waals surface area contributed by atoms with Gasteiger partial charge >= 0.3 is 5.97 Å². The average Bonchev–Trinajstić information content (AvgIpc) is 3.16. The Kier molecular flexibility index (Phi) is 6.18. The molecule has 0 N–H and O–H groups in total. The number of nitrogens with zero attached hydrogens (tertiary/aromatic N) is 1. The van der Waals surface area contributed by atoms with Gasteiger partial charge in [-0.05, 0) is 42.8 Å². The summed E-state index contributed by atoms with van der Waals surface area (Å²) < 4.78 is 28.1. The zero-order valence-corrected chi connectivity index (χ0v) is 15.1. The van der Waals surface area contributed by atoms with Crippen molar-refractivity contribution < 1.29 is 33.1 Å². The molecule has 0 amide bonds. The smallest absolute Gasteiger partial charge is 0.330 e. The van der Waals surface area contributed by atoms with Gasteiger partial charge in [-0.2, -0.15) is 0 Å². The van der Waals surface area contributed by atoms with Crippen molar-refractivity contribution in [2.75, 3.05) is 13.4 Å². The Morgan fingerprint density at radius 3 is 2.55 bits per heavy atom. The molecule has 0 saturated carbocycles. The fraction of sp³-hybridized carbons (Fsp3) is 0.200. The molecule has 0 spiro atoms. The molecule has 0 saturated heterocycles. The summed E-state index contributed by atoms with van der Waals surface area (Å²) in [6.07, 6.45) is 2.74. The number of ketones is 1. The number of Topliss-reactive ketones (excluding diaryl/α,β-unsaturated/α-hetero) is 1. The first-order valence-corrected chi connectivity index (χ1v) is 8.65. The molecule has 0 aliphatic carbocycles. The summed E-state index contributed by atoms with van der Waals surface area (Å²) in [5.74, 6) is -0.700. The summed E-state index contributed by atoms with van der Waals surface area (Å²) in [5, 5.41) is 11.2. The van der Waals surface area contributed by atoms with E-state index in [1.807, 2.05) is 0 Å². The summed E-state index contributed by atoms with van der Waals surface area (Å²) >= 11 is 0. The molecule has 0 aromatic heterocycles. The van der Waals surface area contributed by atoms with Gasteiger partial charge in [-0.3, -0.25) is 14.9 Å². The van der Waals surface area contributed by atoms with E-state index in [-0.39, 0.29) is 42.6 Å². The Bertz CT molecular complexity index is 970. The zero-order chi connectivity index (χ0) is 20.8. The van der Waals surface area contributed by atoms with Gasteiger partial charge in [-0.25, -0.2) is 9.18 Å². The predicted octanol–water partition coefficient (Wildman–Crippen LogP) is 3.68. The number of rotatable bonds is 8. The van der Waals surface area contributed by atoms with Gasteiger partial charge in [0.25, 0.3) is 5.69 Å². The molecule has 0 unspecified atom stereocenters. The van der Waals surface area contributed by atoms with Gasteiger partial charge in [-0.15, -0.1) is 0 Å². The van der Waals surface area contributed by atoms with Gasteiger partial charge in [-0.1, -0.05) is 0 Å². The minimum Gasteiger partial charge on any atom is -0.463 e. The number of nitro benzene ring substituents is 1. The maximum absolute atomic E-state index is 12.8. The first kappa shape index (κ1) is 20.0. The van der Waals surface area contributed by atoms with Crippen LogP contribution in [0.3, 0.4) is 0 Å². The van der Waals surface area contributed by atoms with Crippen LogP contribution in [0.4, 0.5) is 10.1 Å². The fourth-order valence-corrected chi connectivity index (χ4v) is 2.63. The Morgan fingerprint density at radius 2 is 1.86 bits per heavy atom. The largest absolute Gasteiger partial charge is 0.463 e. The second kappa shape index (κ2) is 8.96. The second-order valence-corrected chi connectivity index (χ2v) is 6.06. The third kappa shape index (κ3) is 5.16. The lowest BCUT2D eigenvalue weighted by Crippen LogP contribution is -2.06.